The minimum Gasteiger partial charge on any atom is -0.322 e. The summed E-state index contributed by atoms with van der Waals surface area (Å²) in [6.45, 7) is 6.03. The van der Waals surface area contributed by atoms with Crippen LogP contribution in [0.1, 0.15) is 27.2 Å². The predicted molar refractivity (Wildman–Crippen MR) is 65.7 cm³/mol. The standard InChI is InChI=1S/C12H21N3O2/c1-8(2)6-10-11(9(3)14(4)7-16)12(17)15(5)13-10/h7-8,10,13H,6H2,1-5H3. The highest BCUT2D eigenvalue weighted by Crippen LogP contribution is 2.24. The van der Waals surface area contributed by atoms with E-state index in [1.165, 1.54) is 9.91 Å². The van der Waals surface area contributed by atoms with Crippen molar-refractivity contribution in [2.75, 3.05) is 14.1 Å². The molecule has 0 aromatic heterocycles. The molecule has 1 rings (SSSR count). The van der Waals surface area contributed by atoms with Crippen molar-refractivity contribution in [3.05, 3.63) is 11.3 Å². The van der Waals surface area contributed by atoms with Gasteiger partial charge in [0.1, 0.15) is 0 Å². The van der Waals surface area contributed by atoms with Crippen LogP contribution < -0.4 is 5.43 Å². The molecule has 0 aromatic carbocycles. The number of carbonyl (C=O) groups excluding carboxylic acids is 2. The average molecular weight is 239 g/mol. The van der Waals surface area contributed by atoms with Crippen molar-refractivity contribution in [3.8, 4) is 0 Å². The van der Waals surface area contributed by atoms with E-state index < -0.39 is 0 Å². The molecule has 1 heterocycles. The van der Waals surface area contributed by atoms with Gasteiger partial charge >= 0.3 is 0 Å². The molecule has 0 aliphatic carbocycles. The highest BCUT2D eigenvalue weighted by molar-refractivity contribution is 5.97. The van der Waals surface area contributed by atoms with Crippen molar-refractivity contribution < 1.29 is 9.59 Å². The zero-order valence-corrected chi connectivity index (χ0v) is 11.2. The van der Waals surface area contributed by atoms with Gasteiger partial charge in [0.05, 0.1) is 11.6 Å². The highest BCUT2D eigenvalue weighted by atomic mass is 16.2. The Morgan fingerprint density at radius 2 is 2.18 bits per heavy atom. The summed E-state index contributed by atoms with van der Waals surface area (Å²) in [5.74, 6) is 0.429. The van der Waals surface area contributed by atoms with Crippen molar-refractivity contribution in [2.45, 2.75) is 33.2 Å². The van der Waals surface area contributed by atoms with E-state index in [-0.39, 0.29) is 11.9 Å². The number of carbonyl (C=O) groups is 2. The van der Waals surface area contributed by atoms with E-state index in [0.29, 0.717) is 17.2 Å². The van der Waals surface area contributed by atoms with Gasteiger partial charge in [-0.2, -0.15) is 0 Å². The maximum atomic E-state index is 12.0. The normalized spacial score (nSPS) is 23.3. The Morgan fingerprint density at radius 3 is 2.65 bits per heavy atom. The second-order valence-corrected chi connectivity index (χ2v) is 4.89. The summed E-state index contributed by atoms with van der Waals surface area (Å²) in [6, 6.07) is -0.00472. The number of likely N-dealkylation sites (N-methyl/N-ethyl adjacent to an activating group) is 1. The van der Waals surface area contributed by atoms with E-state index in [2.05, 4.69) is 19.3 Å². The third kappa shape index (κ3) is 2.85. The molecule has 0 spiro atoms. The molecular formula is C12H21N3O2. The molecule has 2 amide bonds. The smallest absolute Gasteiger partial charge is 0.267 e. The number of hydrazine groups is 1. The molecule has 1 atom stereocenters. The largest absolute Gasteiger partial charge is 0.322 e. The summed E-state index contributed by atoms with van der Waals surface area (Å²) in [7, 11) is 3.37. The van der Waals surface area contributed by atoms with E-state index in [4.69, 9.17) is 0 Å². The lowest BCUT2D eigenvalue weighted by Crippen LogP contribution is -2.34. The molecule has 96 valence electrons. The number of nitrogens with one attached hydrogen (secondary N) is 1. The zero-order valence-electron chi connectivity index (χ0n) is 11.2. The number of hydrogen-bond donors (Lipinski definition) is 1. The Bertz CT molecular complexity index is 350. The molecular weight excluding hydrogens is 218 g/mol. The van der Waals surface area contributed by atoms with Gasteiger partial charge in [0.25, 0.3) is 5.91 Å². The fourth-order valence-electron chi connectivity index (χ4n) is 2.00. The monoisotopic (exact) mass is 239 g/mol. The van der Waals surface area contributed by atoms with Crippen LogP contribution in [0.4, 0.5) is 0 Å². The first-order valence-corrected chi connectivity index (χ1v) is 5.81. The maximum Gasteiger partial charge on any atom is 0.267 e. The Labute approximate surface area is 102 Å². The summed E-state index contributed by atoms with van der Waals surface area (Å²) < 4.78 is 0. The fourth-order valence-corrected chi connectivity index (χ4v) is 2.00. The van der Waals surface area contributed by atoms with Gasteiger partial charge in [-0.25, -0.2) is 5.43 Å². The molecule has 5 heteroatoms. The number of nitrogens with zero attached hydrogens (tertiary/aromatic N) is 2. The van der Waals surface area contributed by atoms with Gasteiger partial charge in [-0.1, -0.05) is 13.8 Å². The van der Waals surface area contributed by atoms with E-state index in [1.807, 2.05) is 0 Å². The van der Waals surface area contributed by atoms with Gasteiger partial charge in [0, 0.05) is 19.8 Å². The van der Waals surface area contributed by atoms with Crippen LogP contribution in [0.15, 0.2) is 11.3 Å². The first kappa shape index (κ1) is 13.7. The first-order chi connectivity index (χ1) is 7.88. The number of hydrogen-bond acceptors (Lipinski definition) is 3. The Balaban J connectivity index is 3.06. The van der Waals surface area contributed by atoms with E-state index in [0.717, 1.165) is 12.8 Å². The molecule has 0 bridgehead atoms. The summed E-state index contributed by atoms with van der Waals surface area (Å²) in [4.78, 5) is 24.2. The van der Waals surface area contributed by atoms with E-state index >= 15 is 0 Å². The minimum absolute atomic E-state index is 0.00472. The molecule has 0 radical (unpaired) electrons. The zero-order chi connectivity index (χ0) is 13.2. The van der Waals surface area contributed by atoms with Crippen LogP contribution in [0.2, 0.25) is 0 Å². The van der Waals surface area contributed by atoms with Crippen LogP contribution in [-0.2, 0) is 9.59 Å². The van der Waals surface area contributed by atoms with Crippen molar-refractivity contribution in [1.82, 2.24) is 15.3 Å². The minimum atomic E-state index is -0.0538. The molecule has 0 saturated carbocycles. The average Bonchev–Trinajstić information content (AvgIpc) is 2.51. The van der Waals surface area contributed by atoms with Crippen LogP contribution in [0.25, 0.3) is 0 Å². The van der Waals surface area contributed by atoms with Crippen LogP contribution in [0.3, 0.4) is 0 Å². The summed E-state index contributed by atoms with van der Waals surface area (Å²) in [6.07, 6.45) is 1.59. The molecule has 1 aliphatic rings. The lowest BCUT2D eigenvalue weighted by molar-refractivity contribution is -0.125. The highest BCUT2D eigenvalue weighted by Gasteiger charge is 2.35. The van der Waals surface area contributed by atoms with E-state index in [1.54, 1.807) is 21.0 Å². The van der Waals surface area contributed by atoms with Crippen LogP contribution >= 0.6 is 0 Å². The van der Waals surface area contributed by atoms with Gasteiger partial charge in [-0.3, -0.25) is 14.6 Å². The molecule has 5 nitrogen and oxygen atoms in total. The first-order valence-electron chi connectivity index (χ1n) is 5.81. The second-order valence-electron chi connectivity index (χ2n) is 4.89. The number of rotatable bonds is 4. The lowest BCUT2D eigenvalue weighted by atomic mass is 9.97. The third-order valence-electron chi connectivity index (χ3n) is 3.02. The summed E-state index contributed by atoms with van der Waals surface area (Å²) in [5.41, 5.74) is 4.53. The number of amides is 2. The lowest BCUT2D eigenvalue weighted by Gasteiger charge is -2.18. The van der Waals surface area contributed by atoms with Crippen molar-refractivity contribution in [2.24, 2.45) is 5.92 Å². The van der Waals surface area contributed by atoms with Crippen molar-refractivity contribution in [1.29, 1.82) is 0 Å². The SMILES string of the molecule is CC(=C1C(=O)N(C)NC1CC(C)C)N(C)C=O. The number of allylic oxidation sites excluding steroid dienone is 1. The van der Waals surface area contributed by atoms with Gasteiger partial charge in [0.2, 0.25) is 6.41 Å². The Kier molecular flexibility index (Phi) is 4.28. The van der Waals surface area contributed by atoms with Gasteiger partial charge in [-0.05, 0) is 19.3 Å². The molecule has 1 unspecified atom stereocenters. The van der Waals surface area contributed by atoms with E-state index in [9.17, 15) is 9.59 Å². The van der Waals surface area contributed by atoms with Gasteiger partial charge < -0.3 is 4.90 Å². The maximum absolute atomic E-state index is 12.0. The van der Waals surface area contributed by atoms with Gasteiger partial charge in [0.15, 0.2) is 0 Å². The topological polar surface area (TPSA) is 52.7 Å². The molecule has 17 heavy (non-hydrogen) atoms. The van der Waals surface area contributed by atoms with Crippen molar-refractivity contribution >= 4 is 12.3 Å². The van der Waals surface area contributed by atoms with Crippen molar-refractivity contribution in [3.63, 3.8) is 0 Å². The third-order valence-corrected chi connectivity index (χ3v) is 3.02. The van der Waals surface area contributed by atoms with Crippen LogP contribution in [0.5, 0.6) is 0 Å². The fraction of sp³-hybridized carbons (Fsp3) is 0.667. The Hall–Kier alpha value is -1.36. The molecule has 1 aliphatic heterocycles. The van der Waals surface area contributed by atoms with Gasteiger partial charge in [-0.15, -0.1) is 0 Å². The molecule has 1 saturated heterocycles. The summed E-state index contributed by atoms with van der Waals surface area (Å²) in [5, 5.41) is 1.49. The molecule has 0 aromatic rings. The molecule has 1 fully saturated rings. The van der Waals surface area contributed by atoms with Crippen LogP contribution in [0, 0.1) is 5.92 Å². The quantitative estimate of drug-likeness (QED) is 0.581. The predicted octanol–water partition coefficient (Wildman–Crippen LogP) is 0.740. The van der Waals surface area contributed by atoms with Crippen LogP contribution in [-0.4, -0.2) is 42.4 Å². The Morgan fingerprint density at radius 1 is 1.59 bits per heavy atom. The molecule has 1 N–H and O–H groups in total. The summed E-state index contributed by atoms with van der Waals surface area (Å²) >= 11 is 0. The second kappa shape index (κ2) is 5.31.